The Bertz CT molecular complexity index is 1110. The van der Waals surface area contributed by atoms with Gasteiger partial charge in [0.2, 0.25) is 5.91 Å². The molecule has 0 unspecified atom stereocenters. The normalized spacial score (nSPS) is 15.8. The van der Waals surface area contributed by atoms with Crippen molar-refractivity contribution in [2.24, 2.45) is 4.99 Å². The quantitative estimate of drug-likeness (QED) is 0.700. The summed E-state index contributed by atoms with van der Waals surface area (Å²) in [5, 5.41) is 8.53. The molecule has 1 aliphatic carbocycles. The second kappa shape index (κ2) is 8.29. The zero-order valence-corrected chi connectivity index (χ0v) is 15.7. The molecule has 1 aromatic carbocycles. The van der Waals surface area contributed by atoms with Gasteiger partial charge in [0.15, 0.2) is 0 Å². The van der Waals surface area contributed by atoms with E-state index in [1.807, 2.05) is 24.3 Å². The van der Waals surface area contributed by atoms with Crippen LogP contribution in [0.25, 0.3) is 10.9 Å². The van der Waals surface area contributed by atoms with Crippen LogP contribution < -0.4 is 11.0 Å². The number of hydrogen-bond acceptors (Lipinski definition) is 5. The minimum atomic E-state index is -0.233. The Morgan fingerprint density at radius 1 is 1.07 bits per heavy atom. The molecule has 7 heteroatoms. The summed E-state index contributed by atoms with van der Waals surface area (Å²) in [5.74, 6) is -0.114. The topological polar surface area (TPSA) is 82.1 Å². The van der Waals surface area contributed by atoms with Gasteiger partial charge in [-0.05, 0) is 37.1 Å². The van der Waals surface area contributed by atoms with Crippen molar-refractivity contribution in [2.45, 2.75) is 51.1 Å². The number of rotatable bonds is 4. The summed E-state index contributed by atoms with van der Waals surface area (Å²) in [6.45, 7) is 0.181. The first-order valence-electron chi connectivity index (χ1n) is 9.79. The van der Waals surface area contributed by atoms with Crippen LogP contribution in [0.4, 0.5) is 0 Å². The highest BCUT2D eigenvalue weighted by Crippen LogP contribution is 2.19. The molecule has 1 aliphatic rings. The summed E-state index contributed by atoms with van der Waals surface area (Å²) in [5.41, 5.74) is 1.00. The van der Waals surface area contributed by atoms with Gasteiger partial charge in [-0.2, -0.15) is 0 Å². The highest BCUT2D eigenvalue weighted by molar-refractivity contribution is 5.79. The Morgan fingerprint density at radius 3 is 2.71 bits per heavy atom. The number of fused-ring (bicyclic) bond motifs is 1. The molecule has 0 bridgehead atoms. The van der Waals surface area contributed by atoms with Crippen molar-refractivity contribution in [3.63, 3.8) is 0 Å². The molecule has 0 radical (unpaired) electrons. The van der Waals surface area contributed by atoms with E-state index < -0.39 is 0 Å². The van der Waals surface area contributed by atoms with Gasteiger partial charge in [0, 0.05) is 12.6 Å². The number of hydrogen-bond donors (Lipinski definition) is 0. The monoisotopic (exact) mass is 377 g/mol. The molecule has 1 saturated carbocycles. The van der Waals surface area contributed by atoms with Crippen LogP contribution in [-0.2, 0) is 6.54 Å². The Morgan fingerprint density at radius 2 is 1.86 bits per heavy atom. The lowest BCUT2D eigenvalue weighted by atomic mass is 9.96. The van der Waals surface area contributed by atoms with Crippen molar-refractivity contribution in [1.82, 2.24) is 19.6 Å². The second-order valence-corrected chi connectivity index (χ2v) is 7.13. The lowest BCUT2D eigenvalue weighted by molar-refractivity contribution is 0.0888. The van der Waals surface area contributed by atoms with Gasteiger partial charge < -0.3 is 0 Å². The molecular weight excluding hydrogens is 354 g/mol. The van der Waals surface area contributed by atoms with Crippen LogP contribution in [0.5, 0.6) is 0 Å². The van der Waals surface area contributed by atoms with Crippen LogP contribution in [0, 0.1) is 0 Å². The number of carbonyl (C=O) groups excluding carboxylic acids is 1. The lowest BCUT2D eigenvalue weighted by Crippen LogP contribution is -2.31. The summed E-state index contributed by atoms with van der Waals surface area (Å²) in [6.07, 6.45) is 7.68. The van der Waals surface area contributed by atoms with E-state index in [4.69, 9.17) is 4.99 Å². The first-order chi connectivity index (χ1) is 13.7. The first-order valence-corrected chi connectivity index (χ1v) is 9.79. The third-order valence-corrected chi connectivity index (χ3v) is 5.16. The SMILES string of the molecule is O=C(CCn1nnc2ccccc2c1=O)n1ccccc1=NC1CCCCC1. The van der Waals surface area contributed by atoms with Crippen LogP contribution in [0.15, 0.2) is 58.4 Å². The molecule has 28 heavy (non-hydrogen) atoms. The Kier molecular flexibility index (Phi) is 5.41. The summed E-state index contributed by atoms with van der Waals surface area (Å²) in [7, 11) is 0. The zero-order chi connectivity index (χ0) is 19.3. The Hall–Kier alpha value is -3.09. The molecule has 2 heterocycles. The third-order valence-electron chi connectivity index (χ3n) is 5.16. The van der Waals surface area contributed by atoms with Gasteiger partial charge in [-0.3, -0.25) is 19.1 Å². The van der Waals surface area contributed by atoms with E-state index in [1.165, 1.54) is 23.9 Å². The van der Waals surface area contributed by atoms with Crippen LogP contribution in [-0.4, -0.2) is 31.5 Å². The number of carbonyl (C=O) groups is 1. The molecule has 2 aromatic heterocycles. The Labute approximate surface area is 162 Å². The molecular formula is C21H23N5O2. The predicted molar refractivity (Wildman–Crippen MR) is 106 cm³/mol. The van der Waals surface area contributed by atoms with Gasteiger partial charge >= 0.3 is 0 Å². The molecule has 0 N–H and O–H groups in total. The number of aryl methyl sites for hydroxylation is 1. The minimum absolute atomic E-state index is 0.114. The van der Waals surface area contributed by atoms with Crippen LogP contribution in [0.2, 0.25) is 0 Å². The molecule has 7 nitrogen and oxygen atoms in total. The van der Waals surface area contributed by atoms with E-state index >= 15 is 0 Å². The number of pyridine rings is 1. The fourth-order valence-electron chi connectivity index (χ4n) is 3.64. The van der Waals surface area contributed by atoms with E-state index in [-0.39, 0.29) is 30.5 Å². The van der Waals surface area contributed by atoms with E-state index in [1.54, 1.807) is 29.0 Å². The fraction of sp³-hybridized carbons (Fsp3) is 0.381. The van der Waals surface area contributed by atoms with Gasteiger partial charge in [-0.15, -0.1) is 5.10 Å². The zero-order valence-electron chi connectivity index (χ0n) is 15.7. The van der Waals surface area contributed by atoms with Crippen molar-refractivity contribution in [3.05, 3.63) is 64.5 Å². The minimum Gasteiger partial charge on any atom is -0.274 e. The van der Waals surface area contributed by atoms with Gasteiger partial charge in [-0.25, -0.2) is 4.68 Å². The van der Waals surface area contributed by atoms with E-state index in [0.29, 0.717) is 16.4 Å². The number of nitrogens with zero attached hydrogens (tertiary/aromatic N) is 5. The molecule has 144 valence electrons. The standard InChI is InChI=1S/C21H23N5O2/c27-20(13-15-26-21(28)17-10-4-5-11-18(17)23-24-26)25-14-7-6-12-19(25)22-16-8-2-1-3-9-16/h4-7,10-12,14,16H,1-3,8-9,13,15H2. The second-order valence-electron chi connectivity index (χ2n) is 7.13. The molecule has 1 fully saturated rings. The molecule has 0 atom stereocenters. The summed E-state index contributed by atoms with van der Waals surface area (Å²) in [6, 6.07) is 12.9. The van der Waals surface area contributed by atoms with Crippen LogP contribution >= 0.6 is 0 Å². The maximum Gasteiger partial charge on any atom is 0.277 e. The van der Waals surface area contributed by atoms with Gasteiger partial charge in [0.1, 0.15) is 11.0 Å². The van der Waals surface area contributed by atoms with Gasteiger partial charge in [-0.1, -0.05) is 42.7 Å². The van der Waals surface area contributed by atoms with Crippen molar-refractivity contribution >= 4 is 16.8 Å². The smallest absolute Gasteiger partial charge is 0.274 e. The van der Waals surface area contributed by atoms with Crippen molar-refractivity contribution in [3.8, 4) is 0 Å². The predicted octanol–water partition coefficient (Wildman–Crippen LogP) is 2.56. The molecule has 0 saturated heterocycles. The maximum absolute atomic E-state index is 12.8. The van der Waals surface area contributed by atoms with Gasteiger partial charge in [0.25, 0.3) is 5.56 Å². The van der Waals surface area contributed by atoms with Crippen LogP contribution in [0.3, 0.4) is 0 Å². The van der Waals surface area contributed by atoms with E-state index in [9.17, 15) is 9.59 Å². The summed E-state index contributed by atoms with van der Waals surface area (Å²) in [4.78, 5) is 30.1. The number of aromatic nitrogens is 4. The highest BCUT2D eigenvalue weighted by Gasteiger charge is 2.13. The molecule has 3 aromatic rings. The van der Waals surface area contributed by atoms with Crippen molar-refractivity contribution in [2.75, 3.05) is 0 Å². The average Bonchev–Trinajstić information content (AvgIpc) is 2.74. The molecule has 0 amide bonds. The maximum atomic E-state index is 12.8. The molecule has 0 spiro atoms. The van der Waals surface area contributed by atoms with E-state index in [2.05, 4.69) is 10.3 Å². The summed E-state index contributed by atoms with van der Waals surface area (Å²) < 4.78 is 2.83. The largest absolute Gasteiger partial charge is 0.277 e. The van der Waals surface area contributed by atoms with Gasteiger partial charge in [0.05, 0.1) is 18.0 Å². The van der Waals surface area contributed by atoms with E-state index in [0.717, 1.165) is 12.8 Å². The summed E-state index contributed by atoms with van der Waals surface area (Å²) >= 11 is 0. The van der Waals surface area contributed by atoms with Crippen molar-refractivity contribution < 1.29 is 4.79 Å². The lowest BCUT2D eigenvalue weighted by Gasteiger charge is -2.17. The molecule has 0 aliphatic heterocycles. The van der Waals surface area contributed by atoms with Crippen LogP contribution in [0.1, 0.15) is 43.3 Å². The highest BCUT2D eigenvalue weighted by atomic mass is 16.2. The third kappa shape index (κ3) is 3.93. The van der Waals surface area contributed by atoms with Crippen molar-refractivity contribution in [1.29, 1.82) is 0 Å². The Balaban J connectivity index is 1.54. The average molecular weight is 377 g/mol. The number of benzene rings is 1. The molecule has 4 rings (SSSR count). The first kappa shape index (κ1) is 18.3. The fourth-order valence-corrected chi connectivity index (χ4v) is 3.64.